The van der Waals surface area contributed by atoms with Gasteiger partial charge in [0.25, 0.3) is 5.65 Å². The van der Waals surface area contributed by atoms with Gasteiger partial charge in [-0.2, -0.15) is 0 Å². The predicted octanol–water partition coefficient (Wildman–Crippen LogP) is 4.29. The number of aryl methyl sites for hydroxylation is 1. The molecule has 6 rings (SSSR count). The molecule has 1 aliphatic carbocycles. The summed E-state index contributed by atoms with van der Waals surface area (Å²) in [5.41, 5.74) is 7.73. The van der Waals surface area contributed by atoms with Gasteiger partial charge in [0.15, 0.2) is 17.0 Å². The molecule has 3 aromatic rings. The van der Waals surface area contributed by atoms with E-state index in [0.29, 0.717) is 17.6 Å². The van der Waals surface area contributed by atoms with E-state index in [2.05, 4.69) is 35.4 Å². The van der Waals surface area contributed by atoms with Crippen molar-refractivity contribution >= 4 is 50.6 Å². The van der Waals surface area contributed by atoms with E-state index < -0.39 is 0 Å². The first-order valence-corrected chi connectivity index (χ1v) is 14.3. The highest BCUT2D eigenvalue weighted by atomic mass is 79.9. The lowest BCUT2D eigenvalue weighted by atomic mass is 9.92. The van der Waals surface area contributed by atoms with Gasteiger partial charge in [-0.05, 0) is 77.8 Å². The third-order valence-corrected chi connectivity index (χ3v) is 9.43. The number of H-pyrrole nitrogens is 1. The van der Waals surface area contributed by atoms with E-state index in [4.69, 9.17) is 20.2 Å². The molecule has 1 saturated heterocycles. The number of aromatic nitrogens is 4. The number of carbonyl (C=O) groups is 1. The van der Waals surface area contributed by atoms with Crippen molar-refractivity contribution in [3.63, 3.8) is 0 Å². The minimum absolute atomic E-state index is 0.235. The summed E-state index contributed by atoms with van der Waals surface area (Å²) in [6.45, 7) is 2.81. The molecule has 2 fully saturated rings. The fourth-order valence-electron chi connectivity index (χ4n) is 5.47. The highest BCUT2D eigenvalue weighted by Crippen LogP contribution is 2.42. The zero-order valence-corrected chi connectivity index (χ0v) is 22.4. The molecule has 1 saturated carbocycles. The van der Waals surface area contributed by atoms with Crippen molar-refractivity contribution in [2.75, 3.05) is 25.6 Å². The molecule has 11 heteroatoms. The molecule has 1 amide bonds. The second kappa shape index (κ2) is 10.1. The second-order valence-corrected chi connectivity index (χ2v) is 11.7. The molecular formula is C25H30BrN6O3S+. The van der Waals surface area contributed by atoms with Crippen LogP contribution in [0.5, 0.6) is 11.5 Å². The zero-order chi connectivity index (χ0) is 24.6. The first-order chi connectivity index (χ1) is 17.5. The van der Waals surface area contributed by atoms with Crippen LogP contribution in [0.2, 0.25) is 0 Å². The van der Waals surface area contributed by atoms with Crippen LogP contribution in [0.1, 0.15) is 44.9 Å². The maximum absolute atomic E-state index is 12.7. The van der Waals surface area contributed by atoms with Crippen LogP contribution in [-0.2, 0) is 11.3 Å². The number of nitrogen functional groups attached to an aromatic ring is 1. The Balaban J connectivity index is 1.11. The largest absolute Gasteiger partial charge is 0.454 e. The monoisotopic (exact) mass is 573 g/mol. The van der Waals surface area contributed by atoms with E-state index >= 15 is 0 Å². The number of benzene rings is 1. The Morgan fingerprint density at radius 2 is 1.94 bits per heavy atom. The van der Waals surface area contributed by atoms with Crippen molar-refractivity contribution in [3.05, 3.63) is 22.9 Å². The summed E-state index contributed by atoms with van der Waals surface area (Å²) >= 11 is 5.12. The molecule has 4 heterocycles. The highest BCUT2D eigenvalue weighted by Gasteiger charge is 2.30. The fourth-order valence-corrected chi connectivity index (χ4v) is 6.85. The number of hydrogen-bond donors (Lipinski definition) is 2. The normalized spacial score (nSPS) is 18.4. The lowest BCUT2D eigenvalue weighted by Gasteiger charge is -2.33. The summed E-state index contributed by atoms with van der Waals surface area (Å²) in [5, 5.41) is 0.733. The van der Waals surface area contributed by atoms with Crippen molar-refractivity contribution < 1.29 is 18.8 Å². The third-order valence-electron chi connectivity index (χ3n) is 7.57. The Morgan fingerprint density at radius 3 is 2.72 bits per heavy atom. The Hall–Kier alpha value is -2.53. The topological polar surface area (TPSA) is 110 Å². The number of ether oxygens (including phenoxy) is 2. The lowest BCUT2D eigenvalue weighted by Crippen LogP contribution is -2.42. The molecule has 2 aromatic heterocycles. The number of nitrogens with one attached hydrogen (secondary N) is 1. The average Bonchev–Trinajstić information content (AvgIpc) is 3.65. The summed E-state index contributed by atoms with van der Waals surface area (Å²) in [6.07, 6.45) is 9.48. The van der Waals surface area contributed by atoms with E-state index in [0.717, 1.165) is 88.9 Å². The smallest absolute Gasteiger partial charge is 0.294 e. The molecule has 1 aromatic carbocycles. The van der Waals surface area contributed by atoms with Crippen LogP contribution >= 0.6 is 27.7 Å². The molecule has 190 valence electrons. The molecule has 3 N–H and O–H groups in total. The molecule has 3 aliphatic rings. The van der Waals surface area contributed by atoms with Crippen LogP contribution < -0.4 is 19.8 Å². The van der Waals surface area contributed by atoms with Gasteiger partial charge in [0.2, 0.25) is 30.0 Å². The number of amides is 1. The molecule has 0 atom stereocenters. The van der Waals surface area contributed by atoms with Gasteiger partial charge >= 0.3 is 0 Å². The number of fused-ring (bicyclic) bond motifs is 2. The number of nitrogens with zero attached hydrogens (tertiary/aromatic N) is 4. The number of nitrogens with two attached hydrogens (primary N) is 1. The maximum atomic E-state index is 12.7. The molecule has 0 radical (unpaired) electrons. The van der Waals surface area contributed by atoms with E-state index in [9.17, 15) is 4.79 Å². The Morgan fingerprint density at radius 1 is 1.19 bits per heavy atom. The SMILES string of the molecule is Nc1nc[n+](CCC2CCN(C(=O)C3CCCC3)CC2)c2nc(Sc3cc4c(cc3Br)OCO4)[nH]c12. The van der Waals surface area contributed by atoms with Gasteiger partial charge in [0.1, 0.15) is 0 Å². The molecular weight excluding hydrogens is 544 g/mol. The van der Waals surface area contributed by atoms with Gasteiger partial charge in [-0.1, -0.05) is 22.8 Å². The summed E-state index contributed by atoms with van der Waals surface area (Å²) in [5.74, 6) is 3.15. The van der Waals surface area contributed by atoms with Crippen molar-refractivity contribution in [3.8, 4) is 11.5 Å². The maximum Gasteiger partial charge on any atom is 0.294 e. The zero-order valence-electron chi connectivity index (χ0n) is 20.0. The van der Waals surface area contributed by atoms with Crippen LogP contribution in [0.4, 0.5) is 5.82 Å². The van der Waals surface area contributed by atoms with Crippen LogP contribution in [0.25, 0.3) is 11.2 Å². The number of hydrogen-bond acceptors (Lipinski definition) is 7. The van der Waals surface area contributed by atoms with Crippen LogP contribution in [0.15, 0.2) is 33.0 Å². The van der Waals surface area contributed by atoms with Gasteiger partial charge in [0, 0.05) is 28.4 Å². The molecule has 36 heavy (non-hydrogen) atoms. The Bertz CT molecular complexity index is 1290. The number of imidazole rings is 1. The van der Waals surface area contributed by atoms with Gasteiger partial charge in [-0.25, -0.2) is 4.57 Å². The first-order valence-electron chi connectivity index (χ1n) is 12.6. The number of aromatic amines is 1. The molecule has 0 bridgehead atoms. The van der Waals surface area contributed by atoms with E-state index in [-0.39, 0.29) is 12.7 Å². The Labute approximate surface area is 222 Å². The number of rotatable bonds is 6. The average molecular weight is 575 g/mol. The lowest BCUT2D eigenvalue weighted by molar-refractivity contribution is -0.677. The standard InChI is InChI=1S/C25H29BrN6O3S/c26-17-11-18-19(35-14-34-18)12-20(17)36-25-29-21-22(27)28-13-32(23(21)30-25)10-7-15-5-8-31(9-6-15)24(33)16-3-1-2-4-16/h11-13,15-16H,1-10,14H2,(H2,27,29,30)/p+1. The summed E-state index contributed by atoms with van der Waals surface area (Å²) in [7, 11) is 0. The quantitative estimate of drug-likeness (QED) is 0.423. The number of carbonyl (C=O) groups excluding carboxylic acids is 1. The number of halogens is 1. The third kappa shape index (κ3) is 4.74. The predicted molar refractivity (Wildman–Crippen MR) is 139 cm³/mol. The minimum Gasteiger partial charge on any atom is -0.454 e. The van der Waals surface area contributed by atoms with Crippen molar-refractivity contribution in [2.45, 2.75) is 61.5 Å². The van der Waals surface area contributed by atoms with E-state index in [1.165, 1.54) is 24.6 Å². The molecule has 0 unspecified atom stereocenters. The van der Waals surface area contributed by atoms with Gasteiger partial charge in [-0.15, -0.1) is 0 Å². The van der Waals surface area contributed by atoms with Crippen LogP contribution in [0, 0.1) is 11.8 Å². The van der Waals surface area contributed by atoms with Crippen molar-refractivity contribution in [2.24, 2.45) is 11.8 Å². The fraction of sp³-hybridized carbons (Fsp3) is 0.520. The molecule has 9 nitrogen and oxygen atoms in total. The Kier molecular flexibility index (Phi) is 6.68. The number of anilines is 1. The van der Waals surface area contributed by atoms with Gasteiger partial charge < -0.3 is 25.1 Å². The summed E-state index contributed by atoms with van der Waals surface area (Å²) < 4.78 is 14.0. The first kappa shape index (κ1) is 23.8. The number of piperidine rings is 1. The van der Waals surface area contributed by atoms with Crippen molar-refractivity contribution in [1.29, 1.82) is 0 Å². The summed E-state index contributed by atoms with van der Waals surface area (Å²) in [4.78, 5) is 28.4. The van der Waals surface area contributed by atoms with Crippen molar-refractivity contribution in [1.82, 2.24) is 19.9 Å². The molecule has 2 aliphatic heterocycles. The minimum atomic E-state index is 0.235. The highest BCUT2D eigenvalue weighted by molar-refractivity contribution is 9.10. The van der Waals surface area contributed by atoms with E-state index in [1.807, 2.05) is 12.1 Å². The molecule has 0 spiro atoms. The van der Waals surface area contributed by atoms with Crippen LogP contribution in [-0.4, -0.2) is 45.6 Å². The van der Waals surface area contributed by atoms with Crippen LogP contribution in [0.3, 0.4) is 0 Å². The van der Waals surface area contributed by atoms with Gasteiger partial charge in [-0.3, -0.25) is 4.79 Å². The number of likely N-dealkylation sites (tertiary alicyclic amines) is 1. The second-order valence-electron chi connectivity index (χ2n) is 9.84. The summed E-state index contributed by atoms with van der Waals surface area (Å²) in [6, 6.07) is 3.86. The van der Waals surface area contributed by atoms with Gasteiger partial charge in [0.05, 0.1) is 6.54 Å². The van der Waals surface area contributed by atoms with E-state index in [1.54, 1.807) is 6.33 Å².